The van der Waals surface area contributed by atoms with Crippen molar-refractivity contribution in [2.24, 2.45) is 5.73 Å². The molecule has 3 atom stereocenters. The molecule has 0 amide bonds. The second-order valence-electron chi connectivity index (χ2n) is 2.51. The molecule has 0 saturated heterocycles. The molecule has 0 fully saturated rings. The summed E-state index contributed by atoms with van der Waals surface area (Å²) < 4.78 is 5.19. The van der Waals surface area contributed by atoms with Gasteiger partial charge in [-0.2, -0.15) is 0 Å². The van der Waals surface area contributed by atoms with Crippen LogP contribution in [0.2, 0.25) is 0 Å². The lowest BCUT2D eigenvalue weighted by atomic mass is 10.1. The minimum absolute atomic E-state index is 0.171. The summed E-state index contributed by atoms with van der Waals surface area (Å²) in [5, 5.41) is 17.9. The Morgan fingerprint density at radius 1 is 1.45 bits per heavy atom. The first-order valence-electron chi connectivity index (χ1n) is 3.60. The molecule has 1 heterocycles. The summed E-state index contributed by atoms with van der Waals surface area (Å²) in [5.41, 5.74) is 5.33. The van der Waals surface area contributed by atoms with E-state index in [2.05, 4.69) is 0 Å². The highest BCUT2D eigenvalue weighted by molar-refractivity contribution is 5.02. The van der Waals surface area contributed by atoms with Crippen LogP contribution in [0.5, 0.6) is 0 Å². The molecule has 1 aliphatic heterocycles. The molecule has 1 aliphatic rings. The summed E-state index contributed by atoms with van der Waals surface area (Å²) in [6, 6.07) is 0. The molecule has 0 aromatic heterocycles. The van der Waals surface area contributed by atoms with Crippen LogP contribution in [0.15, 0.2) is 12.2 Å². The first-order chi connectivity index (χ1) is 5.27. The highest BCUT2D eigenvalue weighted by Gasteiger charge is 2.23. The quantitative estimate of drug-likeness (QED) is 0.434. The Labute approximate surface area is 65.3 Å². The van der Waals surface area contributed by atoms with E-state index in [1.54, 1.807) is 12.2 Å². The zero-order chi connectivity index (χ0) is 8.27. The summed E-state index contributed by atoms with van der Waals surface area (Å²) in [6.45, 7) is 0.196. The highest BCUT2D eigenvalue weighted by atomic mass is 16.5. The molecule has 0 unspecified atom stereocenters. The molecule has 0 bridgehead atoms. The van der Waals surface area contributed by atoms with Crippen LogP contribution in [-0.4, -0.2) is 41.7 Å². The van der Waals surface area contributed by atoms with Crippen molar-refractivity contribution in [3.8, 4) is 0 Å². The minimum Gasteiger partial charge on any atom is -0.394 e. The average molecular weight is 159 g/mol. The fraction of sp³-hybridized carbons (Fsp3) is 0.714. The lowest BCUT2D eigenvalue weighted by Crippen LogP contribution is -2.40. The van der Waals surface area contributed by atoms with E-state index in [-0.39, 0.29) is 12.7 Å². The van der Waals surface area contributed by atoms with Gasteiger partial charge in [-0.1, -0.05) is 12.2 Å². The normalized spacial score (nSPS) is 37.5. The third-order valence-corrected chi connectivity index (χ3v) is 1.67. The Balaban J connectivity index is 2.52. The van der Waals surface area contributed by atoms with Crippen LogP contribution in [0.3, 0.4) is 0 Å². The maximum atomic E-state index is 9.17. The molecule has 4 nitrogen and oxygen atoms in total. The molecule has 0 saturated carbocycles. The molecule has 4 heteroatoms. The van der Waals surface area contributed by atoms with Crippen LogP contribution in [0.4, 0.5) is 0 Å². The topological polar surface area (TPSA) is 75.7 Å². The Bertz CT molecular complexity index is 149. The first kappa shape index (κ1) is 8.67. The molecule has 0 aromatic rings. The number of aliphatic hydroxyl groups excluding tert-OH is 2. The zero-order valence-electron chi connectivity index (χ0n) is 6.18. The van der Waals surface area contributed by atoms with E-state index in [1.165, 1.54) is 0 Å². The predicted octanol–water partition coefficient (Wildman–Crippen LogP) is -1.38. The lowest BCUT2D eigenvalue weighted by molar-refractivity contribution is -0.0760. The van der Waals surface area contributed by atoms with Gasteiger partial charge in [-0.3, -0.25) is 0 Å². The minimum atomic E-state index is -0.706. The van der Waals surface area contributed by atoms with E-state index < -0.39 is 12.2 Å². The maximum absolute atomic E-state index is 9.17. The predicted molar refractivity (Wildman–Crippen MR) is 39.9 cm³/mol. The largest absolute Gasteiger partial charge is 0.394 e. The van der Waals surface area contributed by atoms with Crippen molar-refractivity contribution < 1.29 is 14.9 Å². The highest BCUT2D eigenvalue weighted by Crippen LogP contribution is 2.11. The van der Waals surface area contributed by atoms with Crippen molar-refractivity contribution in [2.45, 2.75) is 18.3 Å². The van der Waals surface area contributed by atoms with Crippen LogP contribution >= 0.6 is 0 Å². The van der Waals surface area contributed by atoms with Gasteiger partial charge in [0.25, 0.3) is 0 Å². The second-order valence-corrected chi connectivity index (χ2v) is 2.51. The fourth-order valence-corrected chi connectivity index (χ4v) is 0.997. The van der Waals surface area contributed by atoms with Crippen LogP contribution < -0.4 is 5.73 Å². The number of hydrogen-bond acceptors (Lipinski definition) is 4. The number of ether oxygens (including phenoxy) is 1. The molecule has 4 N–H and O–H groups in total. The smallest absolute Gasteiger partial charge is 0.111 e. The van der Waals surface area contributed by atoms with Gasteiger partial charge in [-0.15, -0.1) is 0 Å². The van der Waals surface area contributed by atoms with Gasteiger partial charge in [0.2, 0.25) is 0 Å². The number of aliphatic hydroxyl groups is 2. The van der Waals surface area contributed by atoms with Gasteiger partial charge in [-0.05, 0) is 0 Å². The molecule has 0 radical (unpaired) electrons. The molecular formula is C7H13NO3. The van der Waals surface area contributed by atoms with Gasteiger partial charge in [-0.25, -0.2) is 0 Å². The van der Waals surface area contributed by atoms with Crippen molar-refractivity contribution in [1.29, 1.82) is 0 Å². The van der Waals surface area contributed by atoms with E-state index in [0.717, 1.165) is 0 Å². The third-order valence-electron chi connectivity index (χ3n) is 1.67. The molecule has 0 spiro atoms. The van der Waals surface area contributed by atoms with Gasteiger partial charge in [0, 0.05) is 6.54 Å². The van der Waals surface area contributed by atoms with Crippen molar-refractivity contribution in [1.82, 2.24) is 0 Å². The lowest BCUT2D eigenvalue weighted by Gasteiger charge is -2.27. The summed E-state index contributed by atoms with van der Waals surface area (Å²) in [7, 11) is 0. The molecule has 1 rings (SSSR count). The summed E-state index contributed by atoms with van der Waals surface area (Å²) in [4.78, 5) is 0. The van der Waals surface area contributed by atoms with E-state index in [9.17, 15) is 0 Å². The molecular weight excluding hydrogens is 146 g/mol. The first-order valence-corrected chi connectivity index (χ1v) is 3.60. The molecule has 0 aliphatic carbocycles. The number of nitrogens with two attached hydrogens (primary N) is 1. The second kappa shape index (κ2) is 3.82. The summed E-state index contributed by atoms with van der Waals surface area (Å²) >= 11 is 0. The SMILES string of the molecule is NC[C@@H]1C=C[C@H](O)[C@@H](CO)O1. The van der Waals surface area contributed by atoms with Crippen molar-refractivity contribution in [3.05, 3.63) is 12.2 Å². The Kier molecular flexibility index (Phi) is 3.02. The molecule has 0 aromatic carbocycles. The van der Waals surface area contributed by atoms with Gasteiger partial charge >= 0.3 is 0 Å². The van der Waals surface area contributed by atoms with Crippen molar-refractivity contribution in [2.75, 3.05) is 13.2 Å². The van der Waals surface area contributed by atoms with E-state index >= 15 is 0 Å². The van der Waals surface area contributed by atoms with Gasteiger partial charge < -0.3 is 20.7 Å². The van der Waals surface area contributed by atoms with Gasteiger partial charge in [0.05, 0.1) is 12.7 Å². The van der Waals surface area contributed by atoms with Crippen LogP contribution in [0.25, 0.3) is 0 Å². The van der Waals surface area contributed by atoms with Gasteiger partial charge in [0.1, 0.15) is 12.2 Å². The Hall–Kier alpha value is -0.420. The van der Waals surface area contributed by atoms with Crippen molar-refractivity contribution >= 4 is 0 Å². The van der Waals surface area contributed by atoms with E-state index in [4.69, 9.17) is 20.7 Å². The summed E-state index contributed by atoms with van der Waals surface area (Å²) in [5.74, 6) is 0. The third kappa shape index (κ3) is 2.00. The molecule has 11 heavy (non-hydrogen) atoms. The standard InChI is InChI=1S/C7H13NO3/c8-3-5-1-2-6(10)7(4-9)11-5/h1-2,5-7,9-10H,3-4,8H2/t5-,6-,7+/m0/s1. The Morgan fingerprint density at radius 3 is 2.73 bits per heavy atom. The van der Waals surface area contributed by atoms with Crippen molar-refractivity contribution in [3.63, 3.8) is 0 Å². The van der Waals surface area contributed by atoms with Crippen LogP contribution in [0, 0.1) is 0 Å². The van der Waals surface area contributed by atoms with E-state index in [1.807, 2.05) is 0 Å². The summed E-state index contributed by atoms with van der Waals surface area (Å²) in [6.07, 6.45) is 1.91. The monoisotopic (exact) mass is 159 g/mol. The van der Waals surface area contributed by atoms with E-state index in [0.29, 0.717) is 6.54 Å². The number of rotatable bonds is 2. The molecule has 64 valence electrons. The van der Waals surface area contributed by atoms with Gasteiger partial charge in [0.15, 0.2) is 0 Å². The van der Waals surface area contributed by atoms with Crippen LogP contribution in [0.1, 0.15) is 0 Å². The number of hydrogen-bond donors (Lipinski definition) is 3. The average Bonchev–Trinajstić information content (AvgIpc) is 2.05. The zero-order valence-corrected chi connectivity index (χ0v) is 6.18. The Morgan fingerprint density at radius 2 is 2.18 bits per heavy atom. The van der Waals surface area contributed by atoms with Crippen LogP contribution in [-0.2, 0) is 4.74 Å². The fourth-order valence-electron chi connectivity index (χ4n) is 0.997. The maximum Gasteiger partial charge on any atom is 0.111 e.